The summed E-state index contributed by atoms with van der Waals surface area (Å²) in [6, 6.07) is 2.51. The average molecular weight is 265 g/mol. The van der Waals surface area contributed by atoms with E-state index >= 15 is 0 Å². The molecule has 0 atom stereocenters. The zero-order valence-electron chi connectivity index (χ0n) is 11.5. The number of hydrogen-bond acceptors (Lipinski definition) is 2. The van der Waals surface area contributed by atoms with Gasteiger partial charge in [0.1, 0.15) is 0 Å². The Hall–Kier alpha value is 0.571. The van der Waals surface area contributed by atoms with Gasteiger partial charge in [-0.05, 0) is 58.3 Å². The zero-order valence-corrected chi connectivity index (χ0v) is 14.7. The van der Waals surface area contributed by atoms with Gasteiger partial charge in [0.2, 0.25) is 0 Å². The van der Waals surface area contributed by atoms with Crippen molar-refractivity contribution in [3.63, 3.8) is 0 Å². The SMILES string of the molecule is CCO[Si](C)(C)CC[Si](C)(C)O[SiH](C)C. The monoisotopic (exact) mass is 264 g/mol. The number of hydrogen-bond donors (Lipinski definition) is 0. The summed E-state index contributed by atoms with van der Waals surface area (Å²) < 4.78 is 12.0. The van der Waals surface area contributed by atoms with Gasteiger partial charge in [0.05, 0.1) is 0 Å². The standard InChI is InChI=1S/C10H28O2Si3/c1-8-11-14(4,5)9-10-15(6,7)12-13(2)3/h13H,8-10H2,1-7H3. The molecule has 0 radical (unpaired) electrons. The minimum atomic E-state index is -1.39. The molecule has 0 saturated carbocycles. The summed E-state index contributed by atoms with van der Waals surface area (Å²) in [5.41, 5.74) is 0. The molecule has 0 saturated heterocycles. The first-order chi connectivity index (χ1) is 6.68. The lowest BCUT2D eigenvalue weighted by Gasteiger charge is -2.30. The molecular formula is C10H28O2Si3. The quantitative estimate of drug-likeness (QED) is 0.656. The fourth-order valence-electron chi connectivity index (χ4n) is 1.76. The smallest absolute Gasteiger partial charge is 0.186 e. The Balaban J connectivity index is 4.01. The van der Waals surface area contributed by atoms with Crippen LogP contribution in [0.4, 0.5) is 0 Å². The van der Waals surface area contributed by atoms with Gasteiger partial charge < -0.3 is 8.54 Å². The highest BCUT2D eigenvalue weighted by Crippen LogP contribution is 2.22. The van der Waals surface area contributed by atoms with Crippen molar-refractivity contribution in [3.05, 3.63) is 0 Å². The van der Waals surface area contributed by atoms with Gasteiger partial charge in [0, 0.05) is 6.61 Å². The third-order valence-electron chi connectivity index (χ3n) is 2.42. The maximum Gasteiger partial charge on any atom is 0.186 e. The third kappa shape index (κ3) is 8.39. The minimum Gasteiger partial charge on any atom is -0.458 e. The minimum absolute atomic E-state index is 0.861. The Kier molecular flexibility index (Phi) is 6.58. The van der Waals surface area contributed by atoms with Crippen LogP contribution in [0.15, 0.2) is 0 Å². The van der Waals surface area contributed by atoms with Crippen molar-refractivity contribution in [1.29, 1.82) is 0 Å². The van der Waals surface area contributed by atoms with Gasteiger partial charge in [-0.15, -0.1) is 0 Å². The predicted octanol–water partition coefficient (Wildman–Crippen LogP) is 3.43. The van der Waals surface area contributed by atoms with Crippen molar-refractivity contribution < 1.29 is 8.54 Å². The van der Waals surface area contributed by atoms with E-state index < -0.39 is 25.7 Å². The van der Waals surface area contributed by atoms with Crippen molar-refractivity contribution >= 4 is 25.7 Å². The lowest BCUT2D eigenvalue weighted by atomic mass is 10.9. The molecule has 0 bridgehead atoms. The second kappa shape index (κ2) is 6.34. The predicted molar refractivity (Wildman–Crippen MR) is 76.2 cm³/mol. The molecule has 0 aliphatic heterocycles. The van der Waals surface area contributed by atoms with Gasteiger partial charge in [-0.1, -0.05) is 0 Å². The number of rotatable bonds is 7. The Bertz CT molecular complexity index is 182. The molecular weight excluding hydrogens is 236 g/mol. The van der Waals surface area contributed by atoms with Crippen LogP contribution in [0.25, 0.3) is 0 Å². The lowest BCUT2D eigenvalue weighted by Crippen LogP contribution is -2.39. The maximum absolute atomic E-state index is 6.16. The summed E-state index contributed by atoms with van der Waals surface area (Å²) >= 11 is 0. The highest BCUT2D eigenvalue weighted by molar-refractivity contribution is 6.80. The second-order valence-electron chi connectivity index (χ2n) is 5.62. The maximum atomic E-state index is 6.16. The molecule has 0 aromatic rings. The summed E-state index contributed by atoms with van der Waals surface area (Å²) in [7, 11) is -3.64. The van der Waals surface area contributed by atoms with Crippen molar-refractivity contribution in [2.75, 3.05) is 6.61 Å². The highest BCUT2D eigenvalue weighted by atomic mass is 28.4. The summed E-state index contributed by atoms with van der Waals surface area (Å²) in [6.45, 7) is 16.8. The molecule has 0 N–H and O–H groups in total. The molecule has 0 amide bonds. The molecule has 0 aromatic heterocycles. The fraction of sp³-hybridized carbons (Fsp3) is 1.00. The Morgan fingerprint density at radius 1 is 0.933 bits per heavy atom. The van der Waals surface area contributed by atoms with Crippen LogP contribution in [0, 0.1) is 0 Å². The van der Waals surface area contributed by atoms with Crippen LogP contribution in [-0.4, -0.2) is 32.3 Å². The Labute approximate surface area is 99.4 Å². The van der Waals surface area contributed by atoms with E-state index in [1.54, 1.807) is 0 Å². The Morgan fingerprint density at radius 2 is 1.40 bits per heavy atom. The zero-order chi connectivity index (χ0) is 12.1. The molecule has 5 heteroatoms. The Morgan fingerprint density at radius 3 is 1.80 bits per heavy atom. The highest BCUT2D eigenvalue weighted by Gasteiger charge is 2.29. The molecule has 0 spiro atoms. The van der Waals surface area contributed by atoms with E-state index in [1.165, 1.54) is 12.1 Å². The normalized spacial score (nSPS) is 13.6. The lowest BCUT2D eigenvalue weighted by molar-refractivity contribution is 0.329. The van der Waals surface area contributed by atoms with E-state index in [2.05, 4.69) is 46.2 Å². The van der Waals surface area contributed by atoms with Crippen LogP contribution in [0.2, 0.25) is 51.4 Å². The van der Waals surface area contributed by atoms with Gasteiger partial charge in [-0.2, -0.15) is 0 Å². The van der Waals surface area contributed by atoms with E-state index in [1.807, 2.05) is 0 Å². The summed E-state index contributed by atoms with van der Waals surface area (Å²) in [4.78, 5) is 0. The summed E-state index contributed by atoms with van der Waals surface area (Å²) in [5.74, 6) is 0. The first kappa shape index (κ1) is 15.6. The van der Waals surface area contributed by atoms with E-state index in [0.717, 1.165) is 6.61 Å². The molecule has 0 rings (SSSR count). The van der Waals surface area contributed by atoms with Gasteiger partial charge in [-0.3, -0.25) is 0 Å². The topological polar surface area (TPSA) is 18.5 Å². The van der Waals surface area contributed by atoms with E-state index in [4.69, 9.17) is 8.54 Å². The molecule has 0 fully saturated rings. The molecule has 15 heavy (non-hydrogen) atoms. The first-order valence-electron chi connectivity index (χ1n) is 6.00. The van der Waals surface area contributed by atoms with Gasteiger partial charge in [0.25, 0.3) is 0 Å². The van der Waals surface area contributed by atoms with Crippen molar-refractivity contribution in [3.8, 4) is 0 Å². The van der Waals surface area contributed by atoms with Gasteiger partial charge >= 0.3 is 0 Å². The second-order valence-corrected chi connectivity index (χ2v) is 17.0. The van der Waals surface area contributed by atoms with Gasteiger partial charge in [0.15, 0.2) is 25.7 Å². The van der Waals surface area contributed by atoms with Gasteiger partial charge in [-0.25, -0.2) is 0 Å². The van der Waals surface area contributed by atoms with E-state index in [9.17, 15) is 0 Å². The molecule has 0 aromatic carbocycles. The van der Waals surface area contributed by atoms with E-state index in [0.29, 0.717) is 0 Å². The van der Waals surface area contributed by atoms with Crippen molar-refractivity contribution in [1.82, 2.24) is 0 Å². The largest absolute Gasteiger partial charge is 0.458 e. The fourth-order valence-corrected chi connectivity index (χ4v) is 13.1. The third-order valence-corrected chi connectivity index (χ3v) is 11.3. The average Bonchev–Trinajstić information content (AvgIpc) is 1.99. The summed E-state index contributed by atoms with van der Waals surface area (Å²) in [6.07, 6.45) is 0. The van der Waals surface area contributed by atoms with E-state index in [-0.39, 0.29) is 0 Å². The molecule has 0 aliphatic rings. The van der Waals surface area contributed by atoms with Crippen LogP contribution in [0.1, 0.15) is 6.92 Å². The molecule has 0 unspecified atom stereocenters. The molecule has 92 valence electrons. The first-order valence-corrected chi connectivity index (χ1v) is 15.0. The van der Waals surface area contributed by atoms with Crippen LogP contribution in [0.3, 0.4) is 0 Å². The van der Waals surface area contributed by atoms with Crippen LogP contribution >= 0.6 is 0 Å². The molecule has 0 heterocycles. The van der Waals surface area contributed by atoms with Crippen LogP contribution in [0.5, 0.6) is 0 Å². The van der Waals surface area contributed by atoms with Crippen LogP contribution < -0.4 is 0 Å². The van der Waals surface area contributed by atoms with Crippen molar-refractivity contribution in [2.24, 2.45) is 0 Å². The van der Waals surface area contributed by atoms with Crippen LogP contribution in [-0.2, 0) is 8.54 Å². The molecule has 2 nitrogen and oxygen atoms in total. The molecule has 0 aliphatic carbocycles. The summed E-state index contributed by atoms with van der Waals surface area (Å²) in [5, 5.41) is 0. The van der Waals surface area contributed by atoms with Crippen molar-refractivity contribution in [2.45, 2.75) is 58.3 Å².